The summed E-state index contributed by atoms with van der Waals surface area (Å²) in [5.74, 6) is -4.99. The first-order chi connectivity index (χ1) is 32.0. The average molecular weight is 981 g/mol. The molecular formula is C46H39F7N8O5S2. The van der Waals surface area contributed by atoms with E-state index in [0.29, 0.717) is 51.3 Å². The van der Waals surface area contributed by atoms with Gasteiger partial charge in [0.15, 0.2) is 0 Å². The molecule has 0 spiro atoms. The predicted octanol–water partition coefficient (Wildman–Crippen LogP) is 10.9. The molecule has 4 heterocycles. The normalized spacial score (nSPS) is 11.6. The Hall–Kier alpha value is -7.17. The number of carboxylic acid groups (broad SMARTS) is 1. The van der Waals surface area contributed by atoms with Gasteiger partial charge in [-0.25, -0.2) is 32.3 Å². The van der Waals surface area contributed by atoms with E-state index in [4.69, 9.17) is 15.4 Å². The quantitative estimate of drug-likeness (QED) is 0.104. The molecular weight excluding hydrogens is 942 g/mol. The molecule has 0 aliphatic rings. The Morgan fingerprint density at radius 3 is 1.57 bits per heavy atom. The number of amides is 1. The highest BCUT2D eigenvalue weighted by Crippen LogP contribution is 2.33. The molecule has 354 valence electrons. The van der Waals surface area contributed by atoms with Gasteiger partial charge < -0.3 is 25.2 Å². The third kappa shape index (κ3) is 12.8. The van der Waals surface area contributed by atoms with E-state index in [9.17, 15) is 40.3 Å². The van der Waals surface area contributed by atoms with Crippen LogP contribution in [0.25, 0.3) is 45.3 Å². The standard InChI is InChI=1S/C23H17F5N4O2S.C13H14F2N2S.C10H8N2O3/c1-22(2,21-30-17(10-35-21)14-7-15(24)9-16(25)8-14)11-29-19(33)13-5-3-4-12(6-13)18-31-20(34-32-18)23(26,27)28;1-13(2,7-16)12-17-11(6-18-12)8-3-9(14)5-10(15)4-8;1-6-11-9(12-15-6)7-3-2-4-8(5-7)10(13)14/h3-10H,11H2,1-2H3,(H,29,33);3-6H,7,16H2,1-2H3;2-5H,1H3,(H,13,14). The van der Waals surface area contributed by atoms with Gasteiger partial charge in [-0.05, 0) is 48.5 Å². The van der Waals surface area contributed by atoms with E-state index >= 15 is 0 Å². The van der Waals surface area contributed by atoms with E-state index in [0.717, 1.165) is 17.1 Å². The Balaban J connectivity index is 0.000000191. The van der Waals surface area contributed by atoms with Crippen LogP contribution in [-0.4, -0.2) is 60.3 Å². The van der Waals surface area contributed by atoms with Crippen LogP contribution in [0.2, 0.25) is 0 Å². The number of rotatable bonds is 11. The highest BCUT2D eigenvalue weighted by Gasteiger charge is 2.38. The zero-order chi connectivity index (χ0) is 49.6. The molecule has 13 nitrogen and oxygen atoms in total. The summed E-state index contributed by atoms with van der Waals surface area (Å²) in [6, 6.07) is 18.7. The molecule has 1 amide bonds. The maximum atomic E-state index is 13.5. The predicted molar refractivity (Wildman–Crippen MR) is 239 cm³/mol. The summed E-state index contributed by atoms with van der Waals surface area (Å²) >= 11 is 2.74. The van der Waals surface area contributed by atoms with Crippen LogP contribution in [0.15, 0.2) is 105 Å². The van der Waals surface area contributed by atoms with E-state index < -0.39 is 52.6 Å². The molecule has 0 radical (unpaired) electrons. The van der Waals surface area contributed by atoms with Crippen LogP contribution < -0.4 is 11.1 Å². The van der Waals surface area contributed by atoms with Crippen LogP contribution in [0, 0.1) is 30.2 Å². The summed E-state index contributed by atoms with van der Waals surface area (Å²) in [7, 11) is 0. The minimum absolute atomic E-state index is 0.168. The van der Waals surface area contributed by atoms with Crippen LogP contribution in [0.1, 0.15) is 70.2 Å². The molecule has 68 heavy (non-hydrogen) atoms. The number of aromatic carboxylic acids is 1. The molecule has 0 aliphatic carbocycles. The lowest BCUT2D eigenvalue weighted by Gasteiger charge is -2.22. The lowest BCUT2D eigenvalue weighted by atomic mass is 9.94. The molecule has 0 atom stereocenters. The number of thiazole rings is 2. The lowest BCUT2D eigenvalue weighted by Crippen LogP contribution is -2.36. The van der Waals surface area contributed by atoms with E-state index in [1.54, 1.807) is 29.8 Å². The van der Waals surface area contributed by atoms with Crippen LogP contribution in [0.4, 0.5) is 30.7 Å². The van der Waals surface area contributed by atoms with Crippen molar-refractivity contribution >= 4 is 34.6 Å². The first kappa shape index (κ1) is 50.2. The van der Waals surface area contributed by atoms with Crippen molar-refractivity contribution < 1.29 is 54.5 Å². The number of nitrogens with one attached hydrogen (secondary N) is 1. The Labute approximate surface area is 390 Å². The molecule has 4 aromatic heterocycles. The third-order valence-electron chi connectivity index (χ3n) is 9.63. The molecule has 0 saturated carbocycles. The van der Waals surface area contributed by atoms with Gasteiger partial charge in [-0.15, -0.1) is 22.7 Å². The van der Waals surface area contributed by atoms with E-state index in [1.807, 2.05) is 27.7 Å². The van der Waals surface area contributed by atoms with Gasteiger partial charge in [-0.1, -0.05) is 62.3 Å². The number of carbonyl (C=O) groups is 2. The van der Waals surface area contributed by atoms with Gasteiger partial charge in [0.25, 0.3) is 5.91 Å². The lowest BCUT2D eigenvalue weighted by molar-refractivity contribution is -0.159. The van der Waals surface area contributed by atoms with Crippen LogP contribution in [0.3, 0.4) is 0 Å². The molecule has 4 aromatic carbocycles. The zero-order valence-electron chi connectivity index (χ0n) is 36.5. The molecule has 22 heteroatoms. The molecule has 8 aromatic rings. The Morgan fingerprint density at radius 1 is 0.647 bits per heavy atom. The molecule has 0 aliphatic heterocycles. The first-order valence-corrected chi connectivity index (χ1v) is 21.8. The second-order valence-electron chi connectivity index (χ2n) is 16.1. The summed E-state index contributed by atoms with van der Waals surface area (Å²) in [6.45, 7) is 9.98. The molecule has 0 bridgehead atoms. The van der Waals surface area contributed by atoms with E-state index in [-0.39, 0.29) is 34.5 Å². The van der Waals surface area contributed by atoms with Gasteiger partial charge >= 0.3 is 18.0 Å². The van der Waals surface area contributed by atoms with Gasteiger partial charge in [0.05, 0.1) is 17.0 Å². The van der Waals surface area contributed by atoms with Crippen molar-refractivity contribution in [3.05, 3.63) is 152 Å². The van der Waals surface area contributed by atoms with Crippen molar-refractivity contribution in [1.82, 2.24) is 35.6 Å². The van der Waals surface area contributed by atoms with Gasteiger partial charge in [0.1, 0.15) is 33.3 Å². The fourth-order valence-corrected chi connectivity index (χ4v) is 7.79. The minimum atomic E-state index is -4.77. The smallest absolute Gasteiger partial charge is 0.471 e. The minimum Gasteiger partial charge on any atom is -0.478 e. The third-order valence-corrected chi connectivity index (χ3v) is 12.0. The van der Waals surface area contributed by atoms with Gasteiger partial charge in [0, 0.05) is 81.6 Å². The summed E-state index contributed by atoms with van der Waals surface area (Å²) in [5, 5.41) is 23.6. The summed E-state index contributed by atoms with van der Waals surface area (Å²) in [6.07, 6.45) is -4.77. The number of aryl methyl sites for hydroxylation is 1. The van der Waals surface area contributed by atoms with Crippen molar-refractivity contribution in [3.63, 3.8) is 0 Å². The van der Waals surface area contributed by atoms with E-state index in [1.165, 1.54) is 83.3 Å². The first-order valence-electron chi connectivity index (χ1n) is 20.0. The number of halogens is 7. The molecule has 0 saturated heterocycles. The summed E-state index contributed by atoms with van der Waals surface area (Å²) in [5.41, 5.74) is 7.77. The second kappa shape index (κ2) is 20.8. The van der Waals surface area contributed by atoms with Crippen LogP contribution >= 0.6 is 22.7 Å². The summed E-state index contributed by atoms with van der Waals surface area (Å²) < 4.78 is 101. The van der Waals surface area contributed by atoms with Crippen LogP contribution in [0.5, 0.6) is 0 Å². The van der Waals surface area contributed by atoms with Crippen LogP contribution in [-0.2, 0) is 17.0 Å². The number of hydrogen-bond donors (Lipinski definition) is 3. The zero-order valence-corrected chi connectivity index (χ0v) is 38.1. The van der Waals surface area contributed by atoms with Gasteiger partial charge in [-0.3, -0.25) is 4.79 Å². The van der Waals surface area contributed by atoms with Gasteiger partial charge in [0.2, 0.25) is 17.5 Å². The van der Waals surface area contributed by atoms with Gasteiger partial charge in [-0.2, -0.15) is 23.1 Å². The highest BCUT2D eigenvalue weighted by molar-refractivity contribution is 7.10. The molecule has 0 fully saturated rings. The van der Waals surface area contributed by atoms with Crippen molar-refractivity contribution in [2.45, 2.75) is 51.6 Å². The fourth-order valence-electron chi connectivity index (χ4n) is 5.87. The number of carboxylic acids is 1. The molecule has 0 unspecified atom stereocenters. The Kier molecular flexibility index (Phi) is 15.4. The maximum Gasteiger partial charge on any atom is 0.471 e. The van der Waals surface area contributed by atoms with E-state index in [2.05, 4.69) is 40.1 Å². The maximum absolute atomic E-state index is 13.5. The number of alkyl halides is 3. The van der Waals surface area contributed by atoms with Crippen molar-refractivity contribution in [2.75, 3.05) is 13.1 Å². The summed E-state index contributed by atoms with van der Waals surface area (Å²) in [4.78, 5) is 39.7. The highest BCUT2D eigenvalue weighted by atomic mass is 32.1. The molecule has 8 rings (SSSR count). The average Bonchev–Trinajstić information content (AvgIpc) is 4.13. The monoisotopic (exact) mass is 980 g/mol. The number of hydrogen-bond acceptors (Lipinski definition) is 13. The number of nitrogens with two attached hydrogens (primary N) is 1. The SMILES string of the molecule is CC(C)(CN)c1nc(-c2cc(F)cc(F)c2)cs1.CC(C)(CNC(=O)c1cccc(-c2noc(C(F)(F)F)n2)c1)c1nc(-c2cc(F)cc(F)c2)cs1.Cc1nc(-c2cccc(C(=O)O)c2)no1. The number of benzene rings is 4. The molecule has 4 N–H and O–H groups in total. The number of nitrogens with zero attached hydrogens (tertiary/aromatic N) is 6. The Morgan fingerprint density at radius 2 is 1.12 bits per heavy atom. The second-order valence-corrected chi connectivity index (χ2v) is 17.8. The van der Waals surface area contributed by atoms with Crippen molar-refractivity contribution in [2.24, 2.45) is 5.73 Å². The van der Waals surface area contributed by atoms with Crippen molar-refractivity contribution in [3.8, 4) is 45.3 Å². The fraction of sp³-hybridized carbons (Fsp3) is 0.217. The number of carbonyl (C=O) groups excluding carboxylic acids is 1. The Bertz CT molecular complexity index is 3020. The topological polar surface area (TPSA) is 196 Å². The van der Waals surface area contributed by atoms with Crippen molar-refractivity contribution in [1.29, 1.82) is 0 Å². The largest absolute Gasteiger partial charge is 0.478 e. The number of aromatic nitrogens is 6.